The molecule has 1 atom stereocenters. The van der Waals surface area contributed by atoms with Gasteiger partial charge in [0, 0.05) is 10.4 Å². The Morgan fingerprint density at radius 2 is 2.11 bits per heavy atom. The number of rotatable bonds is 3. The van der Waals surface area contributed by atoms with Crippen LogP contribution in [0.2, 0.25) is 0 Å². The highest BCUT2D eigenvalue weighted by Gasteiger charge is 2.22. The lowest BCUT2D eigenvalue weighted by Gasteiger charge is -2.24. The zero-order chi connectivity index (χ0) is 13.0. The fourth-order valence-electron chi connectivity index (χ4n) is 2.27. The van der Waals surface area contributed by atoms with Gasteiger partial charge >= 0.3 is 0 Å². The van der Waals surface area contributed by atoms with E-state index in [1.165, 1.54) is 0 Å². The van der Waals surface area contributed by atoms with Crippen molar-refractivity contribution in [3.8, 4) is 0 Å². The third-order valence-corrected chi connectivity index (χ3v) is 3.91. The molecule has 1 heterocycles. The summed E-state index contributed by atoms with van der Waals surface area (Å²) in [4.78, 5) is 12.1. The van der Waals surface area contributed by atoms with Crippen molar-refractivity contribution >= 4 is 34.2 Å². The molecular formula is C14H20BrClN2O. The van der Waals surface area contributed by atoms with Gasteiger partial charge in [-0.2, -0.15) is 0 Å². The average molecular weight is 348 g/mol. The van der Waals surface area contributed by atoms with E-state index in [0.29, 0.717) is 0 Å². The Kier molecular flexibility index (Phi) is 6.83. The van der Waals surface area contributed by atoms with Crippen LogP contribution in [0.1, 0.15) is 31.4 Å². The first kappa shape index (κ1) is 16.5. The summed E-state index contributed by atoms with van der Waals surface area (Å²) in [5.41, 5.74) is 1.13. The van der Waals surface area contributed by atoms with E-state index in [1.807, 2.05) is 31.2 Å². The van der Waals surface area contributed by atoms with E-state index in [1.54, 1.807) is 0 Å². The lowest BCUT2D eigenvalue weighted by Crippen LogP contribution is -2.39. The minimum atomic E-state index is 0. The van der Waals surface area contributed by atoms with Crippen molar-refractivity contribution < 1.29 is 4.79 Å². The van der Waals surface area contributed by atoms with Crippen LogP contribution in [0.15, 0.2) is 28.7 Å². The monoisotopic (exact) mass is 346 g/mol. The Hall–Kier alpha value is -0.580. The Bertz CT molecular complexity index is 422. The van der Waals surface area contributed by atoms with Gasteiger partial charge < -0.3 is 10.6 Å². The summed E-state index contributed by atoms with van der Waals surface area (Å²) in [5, 5.41) is 6.38. The fourth-order valence-corrected chi connectivity index (χ4v) is 2.69. The molecule has 2 N–H and O–H groups in total. The highest BCUT2D eigenvalue weighted by atomic mass is 79.9. The first-order valence-corrected chi connectivity index (χ1v) is 7.22. The zero-order valence-corrected chi connectivity index (χ0v) is 13.4. The van der Waals surface area contributed by atoms with Crippen molar-refractivity contribution in [1.82, 2.24) is 10.6 Å². The van der Waals surface area contributed by atoms with Gasteiger partial charge in [-0.05, 0) is 50.6 Å². The quantitative estimate of drug-likeness (QED) is 0.882. The molecule has 1 fully saturated rings. The molecule has 106 valence electrons. The molecule has 3 nitrogen and oxygen atoms in total. The molecular weight excluding hydrogens is 328 g/mol. The normalized spacial score (nSPS) is 17.4. The summed E-state index contributed by atoms with van der Waals surface area (Å²) in [6.07, 6.45) is 1.88. The molecule has 1 saturated heterocycles. The van der Waals surface area contributed by atoms with Crippen LogP contribution in [-0.4, -0.2) is 19.0 Å². The summed E-state index contributed by atoms with van der Waals surface area (Å²) >= 11 is 3.45. The third-order valence-electron chi connectivity index (χ3n) is 3.42. The molecule has 19 heavy (non-hydrogen) atoms. The predicted molar refractivity (Wildman–Crippen MR) is 83.5 cm³/mol. The van der Waals surface area contributed by atoms with Crippen LogP contribution >= 0.6 is 28.3 Å². The maximum Gasteiger partial charge on any atom is 0.223 e. The van der Waals surface area contributed by atoms with Gasteiger partial charge in [0.2, 0.25) is 5.91 Å². The molecule has 0 spiro atoms. The predicted octanol–water partition coefficient (Wildman–Crippen LogP) is 3.05. The molecule has 1 amide bonds. The Balaban J connectivity index is 0.00000180. The number of benzene rings is 1. The first-order chi connectivity index (χ1) is 8.66. The second-order valence-electron chi connectivity index (χ2n) is 4.81. The number of halogens is 2. The van der Waals surface area contributed by atoms with Crippen LogP contribution in [0.3, 0.4) is 0 Å². The molecule has 1 aliphatic rings. The smallest absolute Gasteiger partial charge is 0.223 e. The van der Waals surface area contributed by atoms with E-state index in [9.17, 15) is 4.79 Å². The van der Waals surface area contributed by atoms with Crippen LogP contribution in [0.5, 0.6) is 0 Å². The van der Waals surface area contributed by atoms with E-state index < -0.39 is 0 Å². The zero-order valence-electron chi connectivity index (χ0n) is 11.0. The van der Waals surface area contributed by atoms with Gasteiger partial charge in [0.15, 0.2) is 0 Å². The van der Waals surface area contributed by atoms with Gasteiger partial charge in [-0.25, -0.2) is 0 Å². The van der Waals surface area contributed by atoms with Gasteiger partial charge in [0.1, 0.15) is 0 Å². The molecule has 2 rings (SSSR count). The van der Waals surface area contributed by atoms with Crippen molar-refractivity contribution in [1.29, 1.82) is 0 Å². The molecule has 1 unspecified atom stereocenters. The van der Waals surface area contributed by atoms with E-state index in [2.05, 4.69) is 26.6 Å². The SMILES string of the molecule is CC(NC(=O)C1CCNCC1)c1cccc(Br)c1.Cl. The molecule has 0 bridgehead atoms. The summed E-state index contributed by atoms with van der Waals surface area (Å²) in [6, 6.07) is 8.13. The van der Waals surface area contributed by atoms with Gasteiger partial charge in [-0.1, -0.05) is 28.1 Å². The van der Waals surface area contributed by atoms with Crippen molar-refractivity contribution in [3.63, 3.8) is 0 Å². The molecule has 1 aromatic carbocycles. The van der Waals surface area contributed by atoms with Crippen molar-refractivity contribution in [3.05, 3.63) is 34.3 Å². The number of carbonyl (C=O) groups is 1. The minimum Gasteiger partial charge on any atom is -0.349 e. The molecule has 0 saturated carbocycles. The van der Waals surface area contributed by atoms with Crippen LogP contribution in [0.4, 0.5) is 0 Å². The first-order valence-electron chi connectivity index (χ1n) is 6.43. The molecule has 1 aromatic rings. The second-order valence-corrected chi connectivity index (χ2v) is 5.73. The number of amides is 1. The van der Waals surface area contributed by atoms with Crippen LogP contribution in [0.25, 0.3) is 0 Å². The van der Waals surface area contributed by atoms with Crippen molar-refractivity contribution in [2.45, 2.75) is 25.8 Å². The van der Waals surface area contributed by atoms with E-state index in [4.69, 9.17) is 0 Å². The van der Waals surface area contributed by atoms with Crippen LogP contribution in [0, 0.1) is 5.92 Å². The Labute approximate surface area is 129 Å². The maximum atomic E-state index is 12.1. The number of hydrogen-bond acceptors (Lipinski definition) is 2. The standard InChI is InChI=1S/C14H19BrN2O.ClH/c1-10(12-3-2-4-13(15)9-12)17-14(18)11-5-7-16-8-6-11;/h2-4,9-11,16H,5-8H2,1H3,(H,17,18);1H. The molecule has 1 aliphatic heterocycles. The Morgan fingerprint density at radius 1 is 1.42 bits per heavy atom. The van der Waals surface area contributed by atoms with Crippen molar-refractivity contribution in [2.75, 3.05) is 13.1 Å². The van der Waals surface area contributed by atoms with E-state index in [-0.39, 0.29) is 30.3 Å². The van der Waals surface area contributed by atoms with Crippen LogP contribution in [-0.2, 0) is 4.79 Å². The lowest BCUT2D eigenvalue weighted by molar-refractivity contribution is -0.126. The lowest BCUT2D eigenvalue weighted by atomic mass is 9.96. The largest absolute Gasteiger partial charge is 0.349 e. The Morgan fingerprint density at radius 3 is 2.74 bits per heavy atom. The summed E-state index contributed by atoms with van der Waals surface area (Å²) in [5.74, 6) is 0.352. The van der Waals surface area contributed by atoms with Gasteiger partial charge in [0.05, 0.1) is 6.04 Å². The highest BCUT2D eigenvalue weighted by molar-refractivity contribution is 9.10. The van der Waals surface area contributed by atoms with Gasteiger partial charge in [-0.15, -0.1) is 12.4 Å². The van der Waals surface area contributed by atoms with E-state index in [0.717, 1.165) is 36.0 Å². The fraction of sp³-hybridized carbons (Fsp3) is 0.500. The highest BCUT2D eigenvalue weighted by Crippen LogP contribution is 2.19. The van der Waals surface area contributed by atoms with Crippen molar-refractivity contribution in [2.24, 2.45) is 5.92 Å². The topological polar surface area (TPSA) is 41.1 Å². The third kappa shape index (κ3) is 4.79. The number of piperidine rings is 1. The number of nitrogens with one attached hydrogen (secondary N) is 2. The summed E-state index contributed by atoms with van der Waals surface area (Å²) < 4.78 is 1.04. The molecule has 0 aromatic heterocycles. The maximum absolute atomic E-state index is 12.1. The molecule has 0 radical (unpaired) electrons. The van der Waals surface area contributed by atoms with Gasteiger partial charge in [0.25, 0.3) is 0 Å². The molecule has 0 aliphatic carbocycles. The number of hydrogen-bond donors (Lipinski definition) is 2. The second kappa shape index (κ2) is 7.88. The minimum absolute atomic E-state index is 0. The van der Waals surface area contributed by atoms with Gasteiger partial charge in [-0.3, -0.25) is 4.79 Å². The number of carbonyl (C=O) groups excluding carboxylic acids is 1. The van der Waals surface area contributed by atoms with Crippen LogP contribution < -0.4 is 10.6 Å². The summed E-state index contributed by atoms with van der Waals surface area (Å²) in [6.45, 7) is 3.92. The summed E-state index contributed by atoms with van der Waals surface area (Å²) in [7, 11) is 0. The average Bonchev–Trinajstić information content (AvgIpc) is 2.39. The molecule has 5 heteroatoms. The van der Waals surface area contributed by atoms with E-state index >= 15 is 0 Å².